The zero-order valence-corrected chi connectivity index (χ0v) is 13.7. The minimum absolute atomic E-state index is 0.0297. The van der Waals surface area contributed by atoms with Crippen LogP contribution >= 0.6 is 0 Å². The van der Waals surface area contributed by atoms with Crippen LogP contribution in [0.25, 0.3) is 0 Å². The molecule has 0 aliphatic carbocycles. The summed E-state index contributed by atoms with van der Waals surface area (Å²) in [5.41, 5.74) is 1.79. The van der Waals surface area contributed by atoms with Crippen molar-refractivity contribution in [2.75, 3.05) is 6.54 Å². The minimum Gasteiger partial charge on any atom is -0.489 e. The normalized spacial score (nSPS) is 10.3. The molecule has 0 spiro atoms. The van der Waals surface area contributed by atoms with Crippen molar-refractivity contribution < 1.29 is 23.8 Å². The summed E-state index contributed by atoms with van der Waals surface area (Å²) in [5, 5.41) is 11.2. The number of halogens is 1. The average molecular weight is 345 g/mol. The van der Waals surface area contributed by atoms with Crippen molar-refractivity contribution in [3.63, 3.8) is 0 Å². The summed E-state index contributed by atoms with van der Waals surface area (Å²) in [6.07, 6.45) is 0.361. The third-order valence-corrected chi connectivity index (χ3v) is 3.56. The number of amides is 1. The summed E-state index contributed by atoms with van der Waals surface area (Å²) in [7, 11) is 0. The summed E-state index contributed by atoms with van der Waals surface area (Å²) in [6, 6.07) is 13.6. The maximum atomic E-state index is 12.9. The molecule has 0 bridgehead atoms. The molecule has 0 fully saturated rings. The first-order valence-electron chi connectivity index (χ1n) is 7.98. The first-order chi connectivity index (χ1) is 12.0. The number of hydrogen-bond acceptors (Lipinski definition) is 3. The number of carboxylic acid groups (broad SMARTS) is 1. The predicted molar refractivity (Wildman–Crippen MR) is 90.8 cm³/mol. The summed E-state index contributed by atoms with van der Waals surface area (Å²) in [6.45, 7) is 0.720. The molecule has 6 heteroatoms. The van der Waals surface area contributed by atoms with Crippen molar-refractivity contribution in [2.24, 2.45) is 0 Å². The highest BCUT2D eigenvalue weighted by molar-refractivity contribution is 5.80. The van der Waals surface area contributed by atoms with E-state index in [0.717, 1.165) is 11.1 Å². The van der Waals surface area contributed by atoms with E-state index in [0.29, 0.717) is 25.3 Å². The van der Waals surface area contributed by atoms with Crippen LogP contribution in [0, 0.1) is 5.82 Å². The number of hydrogen-bond donors (Lipinski definition) is 2. The number of carbonyl (C=O) groups is 2. The van der Waals surface area contributed by atoms with Gasteiger partial charge in [-0.2, -0.15) is 0 Å². The second-order valence-electron chi connectivity index (χ2n) is 5.52. The lowest BCUT2D eigenvalue weighted by Gasteiger charge is -2.12. The van der Waals surface area contributed by atoms with Crippen LogP contribution in [-0.2, 0) is 22.6 Å². The molecule has 0 aromatic heterocycles. The number of ether oxygens (including phenoxy) is 1. The Balaban J connectivity index is 1.84. The molecule has 2 aromatic carbocycles. The number of benzene rings is 2. The van der Waals surface area contributed by atoms with E-state index in [4.69, 9.17) is 9.84 Å². The molecular weight excluding hydrogens is 325 g/mol. The van der Waals surface area contributed by atoms with Crippen molar-refractivity contribution in [1.82, 2.24) is 5.32 Å². The molecule has 2 N–H and O–H groups in total. The van der Waals surface area contributed by atoms with E-state index in [1.807, 2.05) is 24.3 Å². The van der Waals surface area contributed by atoms with E-state index < -0.39 is 5.97 Å². The number of nitrogens with one attached hydrogen (secondary N) is 1. The van der Waals surface area contributed by atoms with E-state index in [1.165, 1.54) is 12.1 Å². The van der Waals surface area contributed by atoms with Crippen molar-refractivity contribution in [1.29, 1.82) is 0 Å². The molecule has 2 rings (SSSR count). The van der Waals surface area contributed by atoms with Gasteiger partial charge in [-0.1, -0.05) is 30.3 Å². The van der Waals surface area contributed by atoms with Crippen LogP contribution in [0.15, 0.2) is 48.5 Å². The number of carbonyl (C=O) groups excluding carboxylic acids is 1. The Morgan fingerprint density at radius 3 is 2.48 bits per heavy atom. The Morgan fingerprint density at radius 2 is 1.76 bits per heavy atom. The number of carboxylic acids is 1. The topological polar surface area (TPSA) is 75.6 Å². The maximum Gasteiger partial charge on any atom is 0.303 e. The quantitative estimate of drug-likeness (QED) is 0.733. The van der Waals surface area contributed by atoms with Crippen LogP contribution in [-0.4, -0.2) is 23.5 Å². The monoisotopic (exact) mass is 345 g/mol. The van der Waals surface area contributed by atoms with Crippen LogP contribution in [0.3, 0.4) is 0 Å². The second-order valence-corrected chi connectivity index (χ2v) is 5.52. The molecule has 0 saturated carbocycles. The molecule has 1 amide bonds. The zero-order valence-electron chi connectivity index (χ0n) is 13.7. The highest BCUT2D eigenvalue weighted by Gasteiger charge is 2.07. The highest BCUT2D eigenvalue weighted by Crippen LogP contribution is 2.20. The van der Waals surface area contributed by atoms with E-state index in [1.54, 1.807) is 12.1 Å². The molecule has 0 aliphatic rings. The molecular formula is C19H20FNO4. The summed E-state index contributed by atoms with van der Waals surface area (Å²) >= 11 is 0. The van der Waals surface area contributed by atoms with Crippen molar-refractivity contribution in [3.05, 3.63) is 65.5 Å². The van der Waals surface area contributed by atoms with E-state index in [2.05, 4.69) is 5.32 Å². The fraction of sp³-hybridized carbons (Fsp3) is 0.263. The van der Waals surface area contributed by atoms with Gasteiger partial charge in [-0.3, -0.25) is 9.59 Å². The number of aliphatic carboxylic acids is 1. The van der Waals surface area contributed by atoms with E-state index in [9.17, 15) is 14.0 Å². The van der Waals surface area contributed by atoms with Gasteiger partial charge in [0.15, 0.2) is 0 Å². The summed E-state index contributed by atoms with van der Waals surface area (Å²) in [5.74, 6) is -0.865. The first-order valence-corrected chi connectivity index (χ1v) is 7.98. The summed E-state index contributed by atoms with van der Waals surface area (Å²) < 4.78 is 18.7. The van der Waals surface area contributed by atoms with Gasteiger partial charge in [0, 0.05) is 13.0 Å². The van der Waals surface area contributed by atoms with Gasteiger partial charge in [0.05, 0.1) is 6.42 Å². The first kappa shape index (κ1) is 18.4. The Labute approximate surface area is 145 Å². The van der Waals surface area contributed by atoms with Gasteiger partial charge in [-0.25, -0.2) is 4.39 Å². The minimum atomic E-state index is -0.991. The lowest BCUT2D eigenvalue weighted by molar-refractivity contribution is -0.138. The lowest BCUT2D eigenvalue weighted by atomic mass is 10.1. The van der Waals surface area contributed by atoms with Gasteiger partial charge in [0.1, 0.15) is 18.2 Å². The van der Waals surface area contributed by atoms with Gasteiger partial charge in [-0.05, 0) is 35.7 Å². The van der Waals surface area contributed by atoms with Crippen LogP contribution in [0.5, 0.6) is 5.75 Å². The second kappa shape index (κ2) is 9.42. The molecule has 0 radical (unpaired) electrons. The standard InChI is InChI=1S/C19H20FNO4/c20-16-7-5-14(6-8-16)13-25-17-4-2-1-3-15(17)11-12-21-18(22)9-10-19(23)24/h1-8H,9-13H2,(H,21,22)(H,23,24). The average Bonchev–Trinajstić information content (AvgIpc) is 2.60. The molecule has 0 aliphatic heterocycles. The Bertz CT molecular complexity index is 716. The molecule has 0 saturated heterocycles. The smallest absolute Gasteiger partial charge is 0.303 e. The molecule has 25 heavy (non-hydrogen) atoms. The van der Waals surface area contributed by atoms with Crippen LogP contribution < -0.4 is 10.1 Å². The van der Waals surface area contributed by atoms with E-state index >= 15 is 0 Å². The molecule has 0 unspecified atom stereocenters. The number of para-hydroxylation sites is 1. The third-order valence-electron chi connectivity index (χ3n) is 3.56. The van der Waals surface area contributed by atoms with Gasteiger partial charge < -0.3 is 15.2 Å². The molecule has 132 valence electrons. The van der Waals surface area contributed by atoms with Gasteiger partial charge in [0.2, 0.25) is 5.91 Å². The molecule has 2 aromatic rings. The number of rotatable bonds is 9. The molecule has 0 atom stereocenters. The lowest BCUT2D eigenvalue weighted by Crippen LogP contribution is -2.26. The zero-order chi connectivity index (χ0) is 18.1. The van der Waals surface area contributed by atoms with Crippen LogP contribution in [0.4, 0.5) is 4.39 Å². The summed E-state index contributed by atoms with van der Waals surface area (Å²) in [4.78, 5) is 22.0. The van der Waals surface area contributed by atoms with Gasteiger partial charge in [0.25, 0.3) is 0 Å². The highest BCUT2D eigenvalue weighted by atomic mass is 19.1. The fourth-order valence-corrected chi connectivity index (χ4v) is 2.24. The van der Waals surface area contributed by atoms with Crippen molar-refractivity contribution in [3.8, 4) is 5.75 Å². The molecule has 0 heterocycles. The van der Waals surface area contributed by atoms with Gasteiger partial charge in [-0.15, -0.1) is 0 Å². The van der Waals surface area contributed by atoms with Crippen molar-refractivity contribution in [2.45, 2.75) is 25.9 Å². The third kappa shape index (κ3) is 6.63. The van der Waals surface area contributed by atoms with Crippen molar-refractivity contribution >= 4 is 11.9 Å². The van der Waals surface area contributed by atoms with Crippen LogP contribution in [0.2, 0.25) is 0 Å². The van der Waals surface area contributed by atoms with E-state index in [-0.39, 0.29) is 24.6 Å². The molecule has 5 nitrogen and oxygen atoms in total. The Morgan fingerprint density at radius 1 is 1.04 bits per heavy atom. The predicted octanol–water partition coefficient (Wildman–Crippen LogP) is 2.93. The van der Waals surface area contributed by atoms with Gasteiger partial charge >= 0.3 is 5.97 Å². The fourth-order valence-electron chi connectivity index (χ4n) is 2.24. The maximum absolute atomic E-state index is 12.9. The Hall–Kier alpha value is -2.89. The van der Waals surface area contributed by atoms with Crippen LogP contribution in [0.1, 0.15) is 24.0 Å². The largest absolute Gasteiger partial charge is 0.489 e. The SMILES string of the molecule is O=C(O)CCC(=O)NCCc1ccccc1OCc1ccc(F)cc1. The Kier molecular flexibility index (Phi) is 6.95.